The van der Waals surface area contributed by atoms with Crippen LogP contribution in [0.3, 0.4) is 0 Å². The lowest BCUT2D eigenvalue weighted by atomic mass is 10.3. The number of hydrogen-bond donors (Lipinski definition) is 2. The summed E-state index contributed by atoms with van der Waals surface area (Å²) in [4.78, 5) is 20.5. The Bertz CT molecular complexity index is 854. The summed E-state index contributed by atoms with van der Waals surface area (Å²) in [6.07, 6.45) is 2.88. The van der Waals surface area contributed by atoms with E-state index in [4.69, 9.17) is 23.2 Å². The van der Waals surface area contributed by atoms with E-state index in [1.54, 1.807) is 18.2 Å². The molecule has 1 aromatic heterocycles. The van der Waals surface area contributed by atoms with Gasteiger partial charge in [-0.05, 0) is 30.3 Å². The summed E-state index contributed by atoms with van der Waals surface area (Å²) >= 11 is 11.9. The van der Waals surface area contributed by atoms with E-state index in [9.17, 15) is 4.79 Å². The molecule has 0 aliphatic carbocycles. The molecule has 0 spiro atoms. The second kappa shape index (κ2) is 7.29. The molecule has 2 N–H and O–H groups in total. The quantitative estimate of drug-likeness (QED) is 0.704. The van der Waals surface area contributed by atoms with Crippen molar-refractivity contribution < 1.29 is 4.79 Å². The molecule has 0 aliphatic heterocycles. The minimum atomic E-state index is -0.419. The summed E-state index contributed by atoms with van der Waals surface area (Å²) < 4.78 is 0. The van der Waals surface area contributed by atoms with Gasteiger partial charge < -0.3 is 10.6 Å². The Balaban J connectivity index is 1.71. The summed E-state index contributed by atoms with van der Waals surface area (Å²) in [5.74, 6) is 0.122. The van der Waals surface area contributed by atoms with Crippen LogP contribution in [0.4, 0.5) is 17.2 Å². The Kier molecular flexibility index (Phi) is 4.93. The Morgan fingerprint density at radius 3 is 2.46 bits per heavy atom. The summed E-state index contributed by atoms with van der Waals surface area (Å²) in [6.45, 7) is 0. The number of nitrogens with zero attached hydrogens (tertiary/aromatic N) is 2. The SMILES string of the molecule is O=C(Nc1cc(Cl)ccc1Cl)c1cnc(Nc2ccccc2)cn1. The fraction of sp³-hybridized carbons (Fsp3) is 0. The van der Waals surface area contributed by atoms with Gasteiger partial charge in [0.2, 0.25) is 0 Å². The number of carbonyl (C=O) groups excluding carboxylic acids is 1. The maximum absolute atomic E-state index is 12.2. The van der Waals surface area contributed by atoms with Gasteiger partial charge in [-0.1, -0.05) is 41.4 Å². The molecule has 120 valence electrons. The standard InChI is InChI=1S/C17H12Cl2N4O/c18-11-6-7-13(19)14(8-11)23-17(24)15-9-21-16(10-20-15)22-12-4-2-1-3-5-12/h1-10H,(H,21,22)(H,23,24). The van der Waals surface area contributed by atoms with Crippen LogP contribution in [0.5, 0.6) is 0 Å². The molecule has 24 heavy (non-hydrogen) atoms. The molecular formula is C17H12Cl2N4O. The molecule has 3 aromatic rings. The first kappa shape index (κ1) is 16.2. The molecule has 2 aromatic carbocycles. The van der Waals surface area contributed by atoms with E-state index in [1.807, 2.05) is 30.3 Å². The molecular weight excluding hydrogens is 347 g/mol. The highest BCUT2D eigenvalue weighted by molar-refractivity contribution is 6.35. The van der Waals surface area contributed by atoms with Gasteiger partial charge in [-0.3, -0.25) is 4.79 Å². The number of amides is 1. The molecule has 1 heterocycles. The van der Waals surface area contributed by atoms with Crippen LogP contribution in [-0.4, -0.2) is 15.9 Å². The number of nitrogens with one attached hydrogen (secondary N) is 2. The number of rotatable bonds is 4. The van der Waals surface area contributed by atoms with Gasteiger partial charge in [0, 0.05) is 10.7 Å². The fourth-order valence-corrected chi connectivity index (χ4v) is 2.30. The van der Waals surface area contributed by atoms with E-state index >= 15 is 0 Å². The topological polar surface area (TPSA) is 66.9 Å². The van der Waals surface area contributed by atoms with Crippen molar-refractivity contribution >= 4 is 46.3 Å². The zero-order valence-corrected chi connectivity index (χ0v) is 13.8. The molecule has 0 aliphatic rings. The second-order valence-corrected chi connectivity index (χ2v) is 5.70. The largest absolute Gasteiger partial charge is 0.339 e. The molecule has 0 bridgehead atoms. The zero-order chi connectivity index (χ0) is 16.9. The van der Waals surface area contributed by atoms with Gasteiger partial charge in [-0.15, -0.1) is 0 Å². The first-order valence-electron chi connectivity index (χ1n) is 7.02. The summed E-state index contributed by atoms with van der Waals surface area (Å²) in [5.41, 5.74) is 1.47. The van der Waals surface area contributed by atoms with Crippen molar-refractivity contribution in [3.05, 3.63) is 76.7 Å². The molecule has 0 atom stereocenters. The van der Waals surface area contributed by atoms with E-state index < -0.39 is 5.91 Å². The number of halogens is 2. The predicted octanol–water partition coefficient (Wildman–Crippen LogP) is 4.78. The summed E-state index contributed by atoms with van der Waals surface area (Å²) in [7, 11) is 0. The normalized spacial score (nSPS) is 10.2. The van der Waals surface area contributed by atoms with Crippen LogP contribution < -0.4 is 10.6 Å². The first-order chi connectivity index (χ1) is 11.6. The molecule has 7 heteroatoms. The molecule has 0 saturated carbocycles. The van der Waals surface area contributed by atoms with E-state index in [-0.39, 0.29) is 5.69 Å². The number of anilines is 3. The van der Waals surface area contributed by atoms with E-state index in [0.717, 1.165) is 5.69 Å². The molecule has 5 nitrogen and oxygen atoms in total. The van der Waals surface area contributed by atoms with Crippen molar-refractivity contribution in [3.63, 3.8) is 0 Å². The maximum atomic E-state index is 12.2. The first-order valence-corrected chi connectivity index (χ1v) is 7.78. The summed E-state index contributed by atoms with van der Waals surface area (Å²) in [5, 5.41) is 6.62. The van der Waals surface area contributed by atoms with Crippen LogP contribution >= 0.6 is 23.2 Å². The molecule has 0 radical (unpaired) electrons. The van der Waals surface area contributed by atoms with Crippen molar-refractivity contribution in [2.75, 3.05) is 10.6 Å². The number of benzene rings is 2. The van der Waals surface area contributed by atoms with Gasteiger partial charge in [0.05, 0.1) is 23.1 Å². The Labute approximate surface area is 148 Å². The molecule has 0 unspecified atom stereocenters. The lowest BCUT2D eigenvalue weighted by Gasteiger charge is -2.08. The van der Waals surface area contributed by atoms with Crippen LogP contribution in [0.15, 0.2) is 60.9 Å². The third-order valence-corrected chi connectivity index (χ3v) is 3.67. The van der Waals surface area contributed by atoms with Crippen molar-refractivity contribution in [3.8, 4) is 0 Å². The number of carbonyl (C=O) groups is 1. The van der Waals surface area contributed by atoms with Crippen LogP contribution in [0, 0.1) is 0 Å². The third kappa shape index (κ3) is 4.01. The molecule has 0 saturated heterocycles. The average molecular weight is 359 g/mol. The fourth-order valence-electron chi connectivity index (χ4n) is 1.96. The minimum Gasteiger partial charge on any atom is -0.339 e. The van der Waals surface area contributed by atoms with Gasteiger partial charge in [0.25, 0.3) is 5.91 Å². The predicted molar refractivity (Wildman–Crippen MR) is 96.2 cm³/mol. The van der Waals surface area contributed by atoms with E-state index in [2.05, 4.69) is 20.6 Å². The summed E-state index contributed by atoms with van der Waals surface area (Å²) in [6, 6.07) is 14.4. The zero-order valence-electron chi connectivity index (χ0n) is 12.3. The lowest BCUT2D eigenvalue weighted by Crippen LogP contribution is -2.14. The monoisotopic (exact) mass is 358 g/mol. The van der Waals surface area contributed by atoms with Gasteiger partial charge in [0.15, 0.2) is 0 Å². The minimum absolute atomic E-state index is 0.171. The number of para-hydroxylation sites is 1. The van der Waals surface area contributed by atoms with Gasteiger partial charge in [0.1, 0.15) is 11.5 Å². The van der Waals surface area contributed by atoms with E-state index in [0.29, 0.717) is 21.6 Å². The van der Waals surface area contributed by atoms with Gasteiger partial charge in [-0.25, -0.2) is 9.97 Å². The van der Waals surface area contributed by atoms with Gasteiger partial charge >= 0.3 is 0 Å². The van der Waals surface area contributed by atoms with Crippen LogP contribution in [-0.2, 0) is 0 Å². The number of aromatic nitrogens is 2. The van der Waals surface area contributed by atoms with Crippen LogP contribution in [0.25, 0.3) is 0 Å². The van der Waals surface area contributed by atoms with Crippen molar-refractivity contribution in [2.24, 2.45) is 0 Å². The smallest absolute Gasteiger partial charge is 0.275 e. The van der Waals surface area contributed by atoms with Crippen LogP contribution in [0.2, 0.25) is 10.0 Å². The molecule has 3 rings (SSSR count). The average Bonchev–Trinajstić information content (AvgIpc) is 2.60. The molecule has 1 amide bonds. The second-order valence-electron chi connectivity index (χ2n) is 4.86. The Morgan fingerprint density at radius 1 is 0.958 bits per heavy atom. The van der Waals surface area contributed by atoms with Gasteiger partial charge in [-0.2, -0.15) is 0 Å². The van der Waals surface area contributed by atoms with Crippen molar-refractivity contribution in [1.82, 2.24) is 9.97 Å². The highest BCUT2D eigenvalue weighted by Gasteiger charge is 2.11. The molecule has 0 fully saturated rings. The van der Waals surface area contributed by atoms with Crippen molar-refractivity contribution in [1.29, 1.82) is 0 Å². The van der Waals surface area contributed by atoms with Crippen molar-refractivity contribution in [2.45, 2.75) is 0 Å². The highest BCUT2D eigenvalue weighted by atomic mass is 35.5. The third-order valence-electron chi connectivity index (χ3n) is 3.11. The highest BCUT2D eigenvalue weighted by Crippen LogP contribution is 2.25. The maximum Gasteiger partial charge on any atom is 0.275 e. The lowest BCUT2D eigenvalue weighted by molar-refractivity contribution is 0.102. The van der Waals surface area contributed by atoms with Crippen LogP contribution in [0.1, 0.15) is 10.5 Å². The Morgan fingerprint density at radius 2 is 1.75 bits per heavy atom. The number of hydrogen-bond acceptors (Lipinski definition) is 4. The van der Waals surface area contributed by atoms with E-state index in [1.165, 1.54) is 12.4 Å². The Hall–Kier alpha value is -2.63.